The van der Waals surface area contributed by atoms with E-state index in [4.69, 9.17) is 16.5 Å². The van der Waals surface area contributed by atoms with Gasteiger partial charge in [-0.2, -0.15) is 0 Å². The van der Waals surface area contributed by atoms with Crippen molar-refractivity contribution in [2.24, 2.45) is 5.73 Å². The number of nitrogens with zero attached hydrogens (tertiary/aromatic N) is 2. The molecule has 4 rings (SSSR count). The van der Waals surface area contributed by atoms with E-state index in [2.05, 4.69) is 21.6 Å². The van der Waals surface area contributed by atoms with Crippen molar-refractivity contribution in [2.45, 2.75) is 12.3 Å². The molecule has 2 aliphatic heterocycles. The van der Waals surface area contributed by atoms with Crippen LogP contribution < -0.4 is 27.0 Å². The molecule has 7 nitrogen and oxygen atoms in total. The molecule has 2 aromatic heterocycles. The molecule has 24 heavy (non-hydrogen) atoms. The van der Waals surface area contributed by atoms with Crippen LogP contribution in [0.25, 0.3) is 10.2 Å². The second-order valence-corrected chi connectivity index (χ2v) is 7.38. The summed E-state index contributed by atoms with van der Waals surface area (Å²) in [7, 11) is 0. The molecule has 2 fully saturated rings. The van der Waals surface area contributed by atoms with Gasteiger partial charge in [-0.15, -0.1) is 11.3 Å². The van der Waals surface area contributed by atoms with Crippen LogP contribution >= 0.6 is 11.3 Å². The third kappa shape index (κ3) is 2.60. The number of nitrogens with two attached hydrogens (primary N) is 2. The van der Waals surface area contributed by atoms with E-state index in [9.17, 15) is 4.79 Å². The van der Waals surface area contributed by atoms with Crippen LogP contribution in [0.15, 0.2) is 6.07 Å². The van der Waals surface area contributed by atoms with Gasteiger partial charge in [-0.05, 0) is 30.5 Å². The molecule has 0 aliphatic carbocycles. The summed E-state index contributed by atoms with van der Waals surface area (Å²) in [5.74, 6) is 0.896. The number of nitrogens with one attached hydrogen (secondary N) is 2. The summed E-state index contributed by atoms with van der Waals surface area (Å²) < 4.78 is 0. The molecule has 6 N–H and O–H groups in total. The molecule has 0 saturated carbocycles. The fraction of sp³-hybridized carbons (Fsp3) is 0.500. The standard InChI is InChI=1S/C16H22N6OS/c17-13-12-10(9-1-2-20-8-9)7-11(22-5-3-19-4-6-22)21-16(12)24-14(13)15(18)23/h7,9,19-20H,1-6,8,17H2,(H2,18,23). The molecule has 0 radical (unpaired) electrons. The Bertz CT molecular complexity index is 776. The van der Waals surface area contributed by atoms with Crippen molar-refractivity contribution in [3.05, 3.63) is 16.5 Å². The first-order valence-electron chi connectivity index (χ1n) is 8.34. The van der Waals surface area contributed by atoms with Gasteiger partial charge in [0.25, 0.3) is 5.91 Å². The number of anilines is 2. The quantitative estimate of drug-likeness (QED) is 0.643. The number of carbonyl (C=O) groups excluding carboxylic acids is 1. The van der Waals surface area contributed by atoms with E-state index in [1.165, 1.54) is 16.9 Å². The Morgan fingerprint density at radius 2 is 2.08 bits per heavy atom. The maximum Gasteiger partial charge on any atom is 0.260 e. The predicted molar refractivity (Wildman–Crippen MR) is 97.9 cm³/mol. The lowest BCUT2D eigenvalue weighted by Crippen LogP contribution is -2.43. The Morgan fingerprint density at radius 1 is 1.29 bits per heavy atom. The Kier molecular flexibility index (Phi) is 4.03. The normalized spacial score (nSPS) is 21.5. The average Bonchev–Trinajstić information content (AvgIpc) is 3.23. The zero-order chi connectivity index (χ0) is 16.7. The van der Waals surface area contributed by atoms with E-state index in [1.54, 1.807) is 0 Å². The van der Waals surface area contributed by atoms with Crippen LogP contribution in [0.3, 0.4) is 0 Å². The van der Waals surface area contributed by atoms with Gasteiger partial charge in [-0.3, -0.25) is 4.79 Å². The van der Waals surface area contributed by atoms with Crippen molar-refractivity contribution < 1.29 is 4.79 Å². The zero-order valence-corrected chi connectivity index (χ0v) is 14.3. The van der Waals surface area contributed by atoms with Gasteiger partial charge in [0.2, 0.25) is 0 Å². The second kappa shape index (κ2) is 6.19. The molecule has 128 valence electrons. The molecule has 2 aliphatic rings. The highest BCUT2D eigenvalue weighted by molar-refractivity contribution is 7.21. The Labute approximate surface area is 144 Å². The van der Waals surface area contributed by atoms with E-state index in [0.717, 1.165) is 61.7 Å². The largest absolute Gasteiger partial charge is 0.397 e. The van der Waals surface area contributed by atoms with Crippen molar-refractivity contribution in [1.29, 1.82) is 0 Å². The molecule has 1 amide bonds. The lowest BCUT2D eigenvalue weighted by atomic mass is 9.95. The number of primary amides is 1. The lowest BCUT2D eigenvalue weighted by Gasteiger charge is -2.29. The van der Waals surface area contributed by atoms with Gasteiger partial charge in [0, 0.05) is 38.1 Å². The van der Waals surface area contributed by atoms with Crippen molar-refractivity contribution in [3.8, 4) is 0 Å². The molecular formula is C16H22N6OS. The summed E-state index contributed by atoms with van der Waals surface area (Å²) in [5.41, 5.74) is 13.4. The molecule has 0 aromatic carbocycles. The van der Waals surface area contributed by atoms with E-state index < -0.39 is 5.91 Å². The molecule has 0 spiro atoms. The number of aromatic nitrogens is 1. The Morgan fingerprint density at radius 3 is 2.75 bits per heavy atom. The zero-order valence-electron chi connectivity index (χ0n) is 13.5. The summed E-state index contributed by atoms with van der Waals surface area (Å²) in [6.45, 7) is 5.72. The summed E-state index contributed by atoms with van der Waals surface area (Å²) >= 11 is 1.31. The van der Waals surface area contributed by atoms with Crippen LogP contribution in [0.1, 0.15) is 27.6 Å². The molecule has 2 aromatic rings. The number of rotatable bonds is 3. The number of nitrogen functional groups attached to an aromatic ring is 1. The number of amides is 1. The first kappa shape index (κ1) is 15.6. The summed E-state index contributed by atoms with van der Waals surface area (Å²) in [5, 5.41) is 7.69. The van der Waals surface area contributed by atoms with E-state index in [1.807, 2.05) is 0 Å². The molecule has 4 heterocycles. The highest BCUT2D eigenvalue weighted by Crippen LogP contribution is 2.40. The molecular weight excluding hydrogens is 324 g/mol. The Hall–Kier alpha value is -1.90. The van der Waals surface area contributed by atoms with Crippen molar-refractivity contribution >= 4 is 39.0 Å². The smallest absolute Gasteiger partial charge is 0.260 e. The SMILES string of the molecule is NC(=O)c1sc2nc(N3CCNCC3)cc(C3CCNC3)c2c1N. The van der Waals surface area contributed by atoms with E-state index >= 15 is 0 Å². The summed E-state index contributed by atoms with van der Waals surface area (Å²) in [4.78, 5) is 20.0. The minimum atomic E-state index is -0.477. The average molecular weight is 346 g/mol. The number of thiophene rings is 1. The molecule has 2 saturated heterocycles. The maximum atomic E-state index is 11.7. The van der Waals surface area contributed by atoms with Crippen LogP contribution in [-0.2, 0) is 0 Å². The van der Waals surface area contributed by atoms with Crippen molar-refractivity contribution in [1.82, 2.24) is 15.6 Å². The topological polar surface area (TPSA) is 109 Å². The van der Waals surface area contributed by atoms with Crippen LogP contribution in [0.4, 0.5) is 11.5 Å². The van der Waals surface area contributed by atoms with E-state index in [0.29, 0.717) is 16.5 Å². The maximum absolute atomic E-state index is 11.7. The summed E-state index contributed by atoms with van der Waals surface area (Å²) in [6.07, 6.45) is 1.07. The molecule has 1 unspecified atom stereocenters. The van der Waals surface area contributed by atoms with Crippen molar-refractivity contribution in [2.75, 3.05) is 49.9 Å². The van der Waals surface area contributed by atoms with Gasteiger partial charge in [0.05, 0.1) is 5.69 Å². The van der Waals surface area contributed by atoms with E-state index in [-0.39, 0.29) is 0 Å². The van der Waals surface area contributed by atoms with Crippen molar-refractivity contribution in [3.63, 3.8) is 0 Å². The van der Waals surface area contributed by atoms with Crippen LogP contribution in [-0.4, -0.2) is 50.2 Å². The third-order valence-electron chi connectivity index (χ3n) is 4.88. The first-order valence-corrected chi connectivity index (χ1v) is 9.16. The van der Waals surface area contributed by atoms with Crippen LogP contribution in [0, 0.1) is 0 Å². The molecule has 8 heteroatoms. The fourth-order valence-electron chi connectivity index (χ4n) is 3.62. The van der Waals surface area contributed by atoms with Gasteiger partial charge in [0.15, 0.2) is 0 Å². The minimum Gasteiger partial charge on any atom is -0.397 e. The fourth-order valence-corrected chi connectivity index (χ4v) is 4.59. The number of fused-ring (bicyclic) bond motifs is 1. The van der Waals surface area contributed by atoms with Gasteiger partial charge in [-0.1, -0.05) is 0 Å². The highest BCUT2D eigenvalue weighted by Gasteiger charge is 2.26. The van der Waals surface area contributed by atoms with Crippen LogP contribution in [0.2, 0.25) is 0 Å². The van der Waals surface area contributed by atoms with Crippen LogP contribution in [0.5, 0.6) is 0 Å². The third-order valence-corrected chi connectivity index (χ3v) is 5.99. The number of carbonyl (C=O) groups is 1. The van der Waals surface area contributed by atoms with Gasteiger partial charge in [-0.25, -0.2) is 4.98 Å². The lowest BCUT2D eigenvalue weighted by molar-refractivity contribution is 0.100. The molecule has 0 bridgehead atoms. The number of hydrogen-bond donors (Lipinski definition) is 4. The highest BCUT2D eigenvalue weighted by atomic mass is 32.1. The number of piperazine rings is 1. The number of pyridine rings is 1. The first-order chi connectivity index (χ1) is 11.6. The number of hydrogen-bond acceptors (Lipinski definition) is 7. The Balaban J connectivity index is 1.88. The summed E-state index contributed by atoms with van der Waals surface area (Å²) in [6, 6.07) is 2.17. The monoisotopic (exact) mass is 346 g/mol. The minimum absolute atomic E-state index is 0.398. The van der Waals surface area contributed by atoms with Gasteiger partial charge < -0.3 is 27.0 Å². The molecule has 1 atom stereocenters. The van der Waals surface area contributed by atoms with Gasteiger partial charge >= 0.3 is 0 Å². The van der Waals surface area contributed by atoms with Gasteiger partial charge in [0.1, 0.15) is 15.5 Å². The second-order valence-electron chi connectivity index (χ2n) is 6.39. The predicted octanol–water partition coefficient (Wildman–Crippen LogP) is 0.464.